The number of hydrogen-bond donors (Lipinski definition) is 1. The van der Waals surface area contributed by atoms with Gasteiger partial charge in [0.2, 0.25) is 0 Å². The summed E-state index contributed by atoms with van der Waals surface area (Å²) in [7, 11) is 1.78. The van der Waals surface area contributed by atoms with Gasteiger partial charge in [-0.1, -0.05) is 13.8 Å². The highest BCUT2D eigenvalue weighted by Crippen LogP contribution is 2.28. The van der Waals surface area contributed by atoms with E-state index >= 15 is 0 Å². The first kappa shape index (κ1) is 12.9. The first-order valence-electron chi connectivity index (χ1n) is 6.05. The molecule has 90 valence electrons. The van der Waals surface area contributed by atoms with Gasteiger partial charge in [-0.2, -0.15) is 0 Å². The predicted octanol–water partition coefficient (Wildman–Crippen LogP) is 1.51. The summed E-state index contributed by atoms with van der Waals surface area (Å²) >= 11 is 0. The van der Waals surface area contributed by atoms with Crippen LogP contribution in [0.1, 0.15) is 33.1 Å². The molecule has 1 unspecified atom stereocenters. The normalized spacial score (nSPS) is 23.6. The van der Waals surface area contributed by atoms with E-state index in [0.29, 0.717) is 12.7 Å². The van der Waals surface area contributed by atoms with Crippen molar-refractivity contribution >= 4 is 0 Å². The largest absolute Gasteiger partial charge is 0.396 e. The third-order valence-electron chi connectivity index (χ3n) is 3.96. The Hall–Kier alpha value is -0.120. The zero-order valence-corrected chi connectivity index (χ0v) is 10.3. The summed E-state index contributed by atoms with van der Waals surface area (Å²) in [4.78, 5) is 2.43. The van der Waals surface area contributed by atoms with E-state index in [1.807, 2.05) is 0 Å². The van der Waals surface area contributed by atoms with Crippen molar-refractivity contribution in [2.24, 2.45) is 5.41 Å². The average molecular weight is 215 g/mol. The molecule has 1 aliphatic rings. The molecule has 1 rings (SSSR count). The molecule has 0 aromatic carbocycles. The van der Waals surface area contributed by atoms with Crippen molar-refractivity contribution in [1.29, 1.82) is 0 Å². The zero-order chi connectivity index (χ0) is 11.3. The molecular formula is C12H25NO2. The number of ether oxygens (including phenoxy) is 1. The third-order valence-corrected chi connectivity index (χ3v) is 3.96. The second-order valence-electron chi connectivity index (χ2n) is 4.75. The summed E-state index contributed by atoms with van der Waals surface area (Å²) in [6, 6.07) is 0. The molecule has 1 atom stereocenters. The Morgan fingerprint density at radius 1 is 1.40 bits per heavy atom. The predicted molar refractivity (Wildman–Crippen MR) is 62.0 cm³/mol. The molecule has 0 bridgehead atoms. The molecule has 1 fully saturated rings. The van der Waals surface area contributed by atoms with Crippen LogP contribution < -0.4 is 0 Å². The maximum atomic E-state index is 9.50. The van der Waals surface area contributed by atoms with E-state index in [1.54, 1.807) is 7.11 Å². The van der Waals surface area contributed by atoms with Crippen molar-refractivity contribution in [2.75, 3.05) is 33.4 Å². The van der Waals surface area contributed by atoms with Gasteiger partial charge in [0.25, 0.3) is 0 Å². The van der Waals surface area contributed by atoms with Crippen molar-refractivity contribution in [2.45, 2.75) is 39.2 Å². The minimum Gasteiger partial charge on any atom is -0.396 e. The van der Waals surface area contributed by atoms with Crippen molar-refractivity contribution in [3.8, 4) is 0 Å². The molecule has 0 amide bonds. The molecule has 1 aliphatic heterocycles. The van der Waals surface area contributed by atoms with Crippen molar-refractivity contribution < 1.29 is 9.84 Å². The number of nitrogens with zero attached hydrogens (tertiary/aromatic N) is 1. The lowest BCUT2D eigenvalue weighted by Crippen LogP contribution is -2.39. The average Bonchev–Trinajstić information content (AvgIpc) is 2.73. The molecule has 0 aliphatic carbocycles. The van der Waals surface area contributed by atoms with Crippen LogP contribution in [0, 0.1) is 5.41 Å². The summed E-state index contributed by atoms with van der Waals surface area (Å²) in [5.74, 6) is 0. The SMILES string of the molecule is CCC(CC)(CO)CN1CCC(OC)C1. The maximum absolute atomic E-state index is 9.50. The van der Waals surface area contributed by atoms with Gasteiger partial charge >= 0.3 is 0 Å². The topological polar surface area (TPSA) is 32.7 Å². The van der Waals surface area contributed by atoms with Crippen molar-refractivity contribution in [3.05, 3.63) is 0 Å². The molecule has 1 heterocycles. The number of aliphatic hydroxyl groups excluding tert-OH is 1. The van der Waals surface area contributed by atoms with Gasteiger partial charge in [-0.25, -0.2) is 0 Å². The Bertz CT molecular complexity index is 172. The summed E-state index contributed by atoms with van der Waals surface area (Å²) in [5, 5.41) is 9.50. The minimum atomic E-state index is 0.0998. The van der Waals surface area contributed by atoms with E-state index in [0.717, 1.165) is 38.9 Å². The lowest BCUT2D eigenvalue weighted by molar-refractivity contribution is 0.0614. The Morgan fingerprint density at radius 2 is 2.07 bits per heavy atom. The van der Waals surface area contributed by atoms with Crippen LogP contribution in [0.4, 0.5) is 0 Å². The Labute approximate surface area is 93.4 Å². The molecule has 15 heavy (non-hydrogen) atoms. The monoisotopic (exact) mass is 215 g/mol. The van der Waals surface area contributed by atoms with Gasteiger partial charge in [0.15, 0.2) is 0 Å². The van der Waals surface area contributed by atoms with Gasteiger partial charge in [-0.15, -0.1) is 0 Å². The first-order valence-corrected chi connectivity index (χ1v) is 6.05. The fourth-order valence-electron chi connectivity index (χ4n) is 2.35. The number of hydrogen-bond acceptors (Lipinski definition) is 3. The summed E-state index contributed by atoms with van der Waals surface area (Å²) in [5.41, 5.74) is 0.0998. The second-order valence-corrected chi connectivity index (χ2v) is 4.75. The number of likely N-dealkylation sites (tertiary alicyclic amines) is 1. The van der Waals surface area contributed by atoms with Gasteiger partial charge in [-0.3, -0.25) is 0 Å². The lowest BCUT2D eigenvalue weighted by atomic mass is 9.83. The third kappa shape index (κ3) is 3.16. The Morgan fingerprint density at radius 3 is 2.47 bits per heavy atom. The molecule has 0 spiro atoms. The lowest BCUT2D eigenvalue weighted by Gasteiger charge is -2.33. The minimum absolute atomic E-state index is 0.0998. The molecule has 0 radical (unpaired) electrons. The smallest absolute Gasteiger partial charge is 0.0710 e. The summed E-state index contributed by atoms with van der Waals surface area (Å²) in [6.45, 7) is 7.79. The zero-order valence-electron chi connectivity index (χ0n) is 10.3. The molecule has 0 aromatic heterocycles. The highest BCUT2D eigenvalue weighted by Gasteiger charge is 2.31. The van der Waals surface area contributed by atoms with Gasteiger partial charge in [0.05, 0.1) is 6.10 Å². The van der Waals surface area contributed by atoms with Crippen LogP contribution in [0.25, 0.3) is 0 Å². The Balaban J connectivity index is 2.45. The van der Waals surface area contributed by atoms with Gasteiger partial charge in [-0.05, 0) is 19.3 Å². The van der Waals surface area contributed by atoms with Gasteiger partial charge in [0, 0.05) is 38.8 Å². The number of methoxy groups -OCH3 is 1. The van der Waals surface area contributed by atoms with Crippen LogP contribution >= 0.6 is 0 Å². The highest BCUT2D eigenvalue weighted by atomic mass is 16.5. The summed E-state index contributed by atoms with van der Waals surface area (Å²) < 4.78 is 5.35. The second kappa shape index (κ2) is 5.83. The first-order chi connectivity index (χ1) is 7.19. The summed E-state index contributed by atoms with van der Waals surface area (Å²) in [6.07, 6.45) is 3.63. The molecule has 1 N–H and O–H groups in total. The van der Waals surface area contributed by atoms with E-state index in [9.17, 15) is 5.11 Å². The molecule has 0 aromatic rings. The van der Waals surface area contributed by atoms with Crippen LogP contribution in [0.5, 0.6) is 0 Å². The Kier molecular flexibility index (Phi) is 5.03. The van der Waals surface area contributed by atoms with Crippen molar-refractivity contribution in [1.82, 2.24) is 4.90 Å². The van der Waals surface area contributed by atoms with E-state index in [2.05, 4.69) is 18.7 Å². The van der Waals surface area contributed by atoms with Crippen LogP contribution in [0.15, 0.2) is 0 Å². The fourth-order valence-corrected chi connectivity index (χ4v) is 2.35. The molecule has 1 saturated heterocycles. The molecule has 0 saturated carbocycles. The standard InChI is InChI=1S/C12H25NO2/c1-4-12(5-2,10-14)9-13-7-6-11(8-13)15-3/h11,14H,4-10H2,1-3H3. The van der Waals surface area contributed by atoms with Crippen LogP contribution in [0.2, 0.25) is 0 Å². The fraction of sp³-hybridized carbons (Fsp3) is 1.00. The molecule has 3 heteroatoms. The van der Waals surface area contributed by atoms with E-state index < -0.39 is 0 Å². The molecule has 3 nitrogen and oxygen atoms in total. The number of aliphatic hydroxyl groups is 1. The van der Waals surface area contributed by atoms with Crippen LogP contribution in [-0.4, -0.2) is 49.5 Å². The van der Waals surface area contributed by atoms with Gasteiger partial charge < -0.3 is 14.7 Å². The molecular weight excluding hydrogens is 190 g/mol. The van der Waals surface area contributed by atoms with Crippen LogP contribution in [0.3, 0.4) is 0 Å². The van der Waals surface area contributed by atoms with E-state index in [4.69, 9.17) is 4.74 Å². The van der Waals surface area contributed by atoms with E-state index in [1.165, 1.54) is 0 Å². The number of rotatable bonds is 6. The van der Waals surface area contributed by atoms with Crippen molar-refractivity contribution in [3.63, 3.8) is 0 Å². The highest BCUT2D eigenvalue weighted by molar-refractivity contribution is 4.84. The van der Waals surface area contributed by atoms with Crippen LogP contribution in [-0.2, 0) is 4.74 Å². The van der Waals surface area contributed by atoms with Gasteiger partial charge in [0.1, 0.15) is 0 Å². The van der Waals surface area contributed by atoms with E-state index in [-0.39, 0.29) is 5.41 Å². The maximum Gasteiger partial charge on any atom is 0.0710 e. The quantitative estimate of drug-likeness (QED) is 0.729.